The van der Waals surface area contributed by atoms with Crippen LogP contribution in [0.1, 0.15) is 12.5 Å². The quantitative estimate of drug-likeness (QED) is 0.740. The molecule has 21 heavy (non-hydrogen) atoms. The molecule has 1 aromatic carbocycles. The molecule has 0 aliphatic carbocycles. The van der Waals surface area contributed by atoms with Crippen LogP contribution < -0.4 is 10.1 Å². The molecule has 5 heteroatoms. The summed E-state index contributed by atoms with van der Waals surface area (Å²) in [5.41, 5.74) is -0.132. The number of hydrogen-bond acceptors (Lipinski definition) is 4. The summed E-state index contributed by atoms with van der Waals surface area (Å²) in [6, 6.07) is 7.45. The van der Waals surface area contributed by atoms with E-state index in [0.717, 1.165) is 5.56 Å². The summed E-state index contributed by atoms with van der Waals surface area (Å²) >= 11 is 0. The third kappa shape index (κ3) is 6.42. The Labute approximate surface area is 126 Å². The Hall–Kier alpha value is -1.85. The Bertz CT molecular complexity index is 496. The van der Waals surface area contributed by atoms with Gasteiger partial charge < -0.3 is 20.1 Å². The standard InChI is InChI=1S/C16H24N2O3/c1-16(20,12-18(2)3)11-17-15(19)10-9-13-7-5-6-8-14(13)21-4/h5-10,20H,11-12H2,1-4H3,(H,17,19)/b10-9+. The van der Waals surface area contributed by atoms with Gasteiger partial charge in [-0.1, -0.05) is 18.2 Å². The van der Waals surface area contributed by atoms with E-state index in [1.54, 1.807) is 20.1 Å². The minimum atomic E-state index is -0.961. The van der Waals surface area contributed by atoms with Crippen LogP contribution in [0.15, 0.2) is 30.3 Å². The lowest BCUT2D eigenvalue weighted by Gasteiger charge is -2.26. The maximum Gasteiger partial charge on any atom is 0.244 e. The number of carbonyl (C=O) groups is 1. The number of nitrogens with one attached hydrogen (secondary N) is 1. The molecule has 0 spiro atoms. The zero-order valence-electron chi connectivity index (χ0n) is 13.1. The smallest absolute Gasteiger partial charge is 0.244 e. The van der Waals surface area contributed by atoms with Crippen molar-refractivity contribution in [3.63, 3.8) is 0 Å². The van der Waals surface area contributed by atoms with E-state index >= 15 is 0 Å². The molecule has 1 rings (SSSR count). The molecule has 0 aliphatic rings. The SMILES string of the molecule is COc1ccccc1/C=C/C(=O)NCC(C)(O)CN(C)C. The topological polar surface area (TPSA) is 61.8 Å². The fourth-order valence-corrected chi connectivity index (χ4v) is 2.04. The summed E-state index contributed by atoms with van der Waals surface area (Å²) in [5.74, 6) is 0.459. The summed E-state index contributed by atoms with van der Waals surface area (Å²) in [7, 11) is 5.33. The van der Waals surface area contributed by atoms with Crippen LogP contribution in [-0.2, 0) is 4.79 Å². The van der Waals surface area contributed by atoms with Crippen LogP contribution in [0.25, 0.3) is 6.08 Å². The Kier molecular flexibility index (Phi) is 6.39. The van der Waals surface area contributed by atoms with Crippen LogP contribution in [0.5, 0.6) is 5.75 Å². The second-order valence-corrected chi connectivity index (χ2v) is 5.53. The second-order valence-electron chi connectivity index (χ2n) is 5.53. The van der Waals surface area contributed by atoms with Gasteiger partial charge in [0.1, 0.15) is 5.75 Å². The van der Waals surface area contributed by atoms with Gasteiger partial charge in [-0.3, -0.25) is 4.79 Å². The first-order valence-corrected chi connectivity index (χ1v) is 6.80. The van der Waals surface area contributed by atoms with Crippen molar-refractivity contribution in [1.82, 2.24) is 10.2 Å². The summed E-state index contributed by atoms with van der Waals surface area (Å²) in [6.07, 6.45) is 3.12. The number of ether oxygens (including phenoxy) is 1. The Balaban J connectivity index is 2.56. The van der Waals surface area contributed by atoms with Gasteiger partial charge in [0.15, 0.2) is 0 Å². The van der Waals surface area contributed by atoms with Crippen molar-refractivity contribution in [1.29, 1.82) is 0 Å². The van der Waals surface area contributed by atoms with E-state index in [1.807, 2.05) is 43.3 Å². The molecule has 1 amide bonds. The summed E-state index contributed by atoms with van der Waals surface area (Å²) in [4.78, 5) is 13.7. The van der Waals surface area contributed by atoms with Crippen LogP contribution >= 0.6 is 0 Å². The van der Waals surface area contributed by atoms with E-state index in [1.165, 1.54) is 6.08 Å². The molecular formula is C16H24N2O3. The fraction of sp³-hybridized carbons (Fsp3) is 0.438. The van der Waals surface area contributed by atoms with E-state index in [9.17, 15) is 9.90 Å². The van der Waals surface area contributed by atoms with Gasteiger partial charge in [0.05, 0.1) is 12.7 Å². The second kappa shape index (κ2) is 7.81. The fourth-order valence-electron chi connectivity index (χ4n) is 2.04. The van der Waals surface area contributed by atoms with E-state index in [2.05, 4.69) is 5.32 Å². The van der Waals surface area contributed by atoms with Crippen LogP contribution in [0.3, 0.4) is 0 Å². The molecule has 0 aromatic heterocycles. The van der Waals surface area contributed by atoms with Gasteiger partial charge in [0, 0.05) is 24.7 Å². The van der Waals surface area contributed by atoms with E-state index < -0.39 is 5.60 Å². The number of aliphatic hydroxyl groups is 1. The number of carbonyl (C=O) groups excluding carboxylic acids is 1. The monoisotopic (exact) mass is 292 g/mol. The number of rotatable bonds is 7. The molecular weight excluding hydrogens is 268 g/mol. The Morgan fingerprint density at radius 2 is 2.10 bits per heavy atom. The molecule has 2 N–H and O–H groups in total. The minimum Gasteiger partial charge on any atom is -0.496 e. The molecule has 5 nitrogen and oxygen atoms in total. The lowest BCUT2D eigenvalue weighted by atomic mass is 10.1. The first-order chi connectivity index (χ1) is 9.84. The average Bonchev–Trinajstić information content (AvgIpc) is 2.42. The molecule has 0 bridgehead atoms. The number of methoxy groups -OCH3 is 1. The van der Waals surface area contributed by atoms with Crippen LogP contribution in [0, 0.1) is 0 Å². The first kappa shape index (κ1) is 17.2. The van der Waals surface area contributed by atoms with Crippen molar-refractivity contribution >= 4 is 12.0 Å². The maximum absolute atomic E-state index is 11.8. The Morgan fingerprint density at radius 3 is 2.71 bits per heavy atom. The number of para-hydroxylation sites is 1. The van der Waals surface area contributed by atoms with Crippen molar-refractivity contribution in [3.05, 3.63) is 35.9 Å². The highest BCUT2D eigenvalue weighted by Crippen LogP contribution is 2.18. The number of benzene rings is 1. The van der Waals surface area contributed by atoms with Gasteiger partial charge in [-0.15, -0.1) is 0 Å². The molecule has 0 saturated carbocycles. The lowest BCUT2D eigenvalue weighted by Crippen LogP contribution is -2.46. The number of nitrogens with zero attached hydrogens (tertiary/aromatic N) is 1. The maximum atomic E-state index is 11.8. The van der Waals surface area contributed by atoms with Crippen LogP contribution in [0.4, 0.5) is 0 Å². The van der Waals surface area contributed by atoms with Crippen molar-refractivity contribution in [3.8, 4) is 5.75 Å². The Morgan fingerprint density at radius 1 is 1.43 bits per heavy atom. The van der Waals surface area contributed by atoms with E-state index in [-0.39, 0.29) is 12.5 Å². The normalized spacial score (nSPS) is 14.2. The zero-order valence-corrected chi connectivity index (χ0v) is 13.1. The summed E-state index contributed by atoms with van der Waals surface area (Å²) in [5, 5.41) is 12.8. The predicted octanol–water partition coefficient (Wildman–Crippen LogP) is 1.14. The first-order valence-electron chi connectivity index (χ1n) is 6.80. The summed E-state index contributed by atoms with van der Waals surface area (Å²) in [6.45, 7) is 2.36. The zero-order chi connectivity index (χ0) is 15.9. The van der Waals surface area contributed by atoms with Crippen molar-refractivity contribution < 1.29 is 14.6 Å². The molecule has 1 atom stereocenters. The van der Waals surface area contributed by atoms with Gasteiger partial charge in [-0.05, 0) is 33.2 Å². The molecule has 0 fully saturated rings. The highest BCUT2D eigenvalue weighted by atomic mass is 16.5. The lowest BCUT2D eigenvalue weighted by molar-refractivity contribution is -0.117. The van der Waals surface area contributed by atoms with E-state index in [4.69, 9.17) is 4.74 Å². The van der Waals surface area contributed by atoms with Crippen molar-refractivity contribution in [2.45, 2.75) is 12.5 Å². The van der Waals surface area contributed by atoms with Crippen LogP contribution in [0.2, 0.25) is 0 Å². The molecule has 0 heterocycles. The van der Waals surface area contributed by atoms with Crippen molar-refractivity contribution in [2.24, 2.45) is 0 Å². The number of hydrogen-bond donors (Lipinski definition) is 2. The van der Waals surface area contributed by atoms with Gasteiger partial charge in [0.2, 0.25) is 5.91 Å². The minimum absolute atomic E-state index is 0.195. The third-order valence-corrected chi connectivity index (χ3v) is 2.85. The molecule has 116 valence electrons. The van der Waals surface area contributed by atoms with Gasteiger partial charge in [-0.25, -0.2) is 0 Å². The molecule has 0 radical (unpaired) electrons. The molecule has 1 unspecified atom stereocenters. The highest BCUT2D eigenvalue weighted by molar-refractivity contribution is 5.92. The summed E-state index contributed by atoms with van der Waals surface area (Å²) < 4.78 is 5.21. The third-order valence-electron chi connectivity index (χ3n) is 2.85. The molecule has 1 aromatic rings. The number of likely N-dealkylation sites (N-methyl/N-ethyl adjacent to an activating group) is 1. The molecule has 0 aliphatic heterocycles. The van der Waals surface area contributed by atoms with Gasteiger partial charge in [-0.2, -0.15) is 0 Å². The highest BCUT2D eigenvalue weighted by Gasteiger charge is 2.21. The largest absolute Gasteiger partial charge is 0.496 e. The van der Waals surface area contributed by atoms with Gasteiger partial charge in [0.25, 0.3) is 0 Å². The van der Waals surface area contributed by atoms with Crippen molar-refractivity contribution in [2.75, 3.05) is 34.3 Å². The molecule has 0 saturated heterocycles. The van der Waals surface area contributed by atoms with E-state index in [0.29, 0.717) is 12.3 Å². The van der Waals surface area contributed by atoms with Crippen LogP contribution in [-0.4, -0.2) is 55.8 Å². The number of amides is 1. The predicted molar refractivity (Wildman–Crippen MR) is 84.2 cm³/mol. The van der Waals surface area contributed by atoms with Gasteiger partial charge >= 0.3 is 0 Å². The average molecular weight is 292 g/mol.